The summed E-state index contributed by atoms with van der Waals surface area (Å²) in [6.07, 6.45) is 4.52. The third kappa shape index (κ3) is 3.20. The SMILES string of the molecule is CNC1CCCCC1Oc1ccc([N+](=O)[O-])c(C)n1. The Morgan fingerprint density at radius 3 is 2.79 bits per heavy atom. The average molecular weight is 265 g/mol. The molecular formula is C13H19N3O3. The van der Waals surface area contributed by atoms with Gasteiger partial charge in [-0.2, -0.15) is 0 Å². The Morgan fingerprint density at radius 1 is 1.42 bits per heavy atom. The fourth-order valence-corrected chi connectivity index (χ4v) is 2.51. The predicted molar refractivity (Wildman–Crippen MR) is 71.4 cm³/mol. The molecule has 1 fully saturated rings. The number of aryl methyl sites for hydroxylation is 1. The van der Waals surface area contributed by atoms with Gasteiger partial charge in [-0.05, 0) is 33.2 Å². The van der Waals surface area contributed by atoms with Gasteiger partial charge < -0.3 is 10.1 Å². The van der Waals surface area contributed by atoms with Crippen molar-refractivity contribution in [3.05, 3.63) is 27.9 Å². The number of nitro groups is 1. The van der Waals surface area contributed by atoms with Crippen LogP contribution in [0.3, 0.4) is 0 Å². The van der Waals surface area contributed by atoms with Crippen molar-refractivity contribution in [3.8, 4) is 5.88 Å². The van der Waals surface area contributed by atoms with Gasteiger partial charge in [0.15, 0.2) is 0 Å². The van der Waals surface area contributed by atoms with Crippen molar-refractivity contribution in [2.24, 2.45) is 0 Å². The van der Waals surface area contributed by atoms with Crippen molar-refractivity contribution < 1.29 is 9.66 Å². The molecule has 1 aliphatic carbocycles. The maximum atomic E-state index is 10.7. The lowest BCUT2D eigenvalue weighted by atomic mass is 9.92. The fraction of sp³-hybridized carbons (Fsp3) is 0.615. The third-order valence-electron chi connectivity index (χ3n) is 3.57. The van der Waals surface area contributed by atoms with E-state index in [9.17, 15) is 10.1 Å². The Balaban J connectivity index is 2.10. The number of nitrogens with one attached hydrogen (secondary N) is 1. The van der Waals surface area contributed by atoms with E-state index < -0.39 is 4.92 Å². The van der Waals surface area contributed by atoms with Gasteiger partial charge in [0.1, 0.15) is 11.8 Å². The minimum absolute atomic E-state index is 0.0289. The van der Waals surface area contributed by atoms with Crippen LogP contribution in [0.4, 0.5) is 5.69 Å². The van der Waals surface area contributed by atoms with Gasteiger partial charge >= 0.3 is 0 Å². The minimum Gasteiger partial charge on any atom is -0.473 e. The molecular weight excluding hydrogens is 246 g/mol. The van der Waals surface area contributed by atoms with E-state index >= 15 is 0 Å². The van der Waals surface area contributed by atoms with Crippen molar-refractivity contribution in [2.75, 3.05) is 7.05 Å². The Hall–Kier alpha value is -1.69. The first-order chi connectivity index (χ1) is 9.11. The van der Waals surface area contributed by atoms with Gasteiger partial charge in [-0.3, -0.25) is 10.1 Å². The van der Waals surface area contributed by atoms with E-state index in [4.69, 9.17) is 4.74 Å². The zero-order valence-electron chi connectivity index (χ0n) is 11.3. The van der Waals surface area contributed by atoms with Crippen molar-refractivity contribution in [3.63, 3.8) is 0 Å². The van der Waals surface area contributed by atoms with E-state index in [0.29, 0.717) is 17.6 Å². The number of hydrogen-bond donors (Lipinski definition) is 1. The topological polar surface area (TPSA) is 77.3 Å². The normalized spacial score (nSPS) is 23.1. The lowest BCUT2D eigenvalue weighted by molar-refractivity contribution is -0.385. The molecule has 2 unspecified atom stereocenters. The van der Waals surface area contributed by atoms with Gasteiger partial charge in [-0.1, -0.05) is 6.42 Å². The van der Waals surface area contributed by atoms with E-state index in [-0.39, 0.29) is 11.8 Å². The van der Waals surface area contributed by atoms with E-state index in [0.717, 1.165) is 19.3 Å². The number of ether oxygens (including phenoxy) is 1. The van der Waals surface area contributed by atoms with Crippen LogP contribution in [-0.4, -0.2) is 29.1 Å². The summed E-state index contributed by atoms with van der Waals surface area (Å²) in [5.74, 6) is 0.468. The van der Waals surface area contributed by atoms with Crippen molar-refractivity contribution >= 4 is 5.69 Å². The van der Waals surface area contributed by atoms with E-state index in [1.54, 1.807) is 13.0 Å². The molecule has 0 aliphatic heterocycles. The number of nitrogens with zero attached hydrogens (tertiary/aromatic N) is 2. The fourth-order valence-electron chi connectivity index (χ4n) is 2.51. The number of aromatic nitrogens is 1. The molecule has 6 heteroatoms. The van der Waals surface area contributed by atoms with Gasteiger partial charge in [0.05, 0.1) is 4.92 Å². The van der Waals surface area contributed by atoms with Crippen LogP contribution in [0.2, 0.25) is 0 Å². The van der Waals surface area contributed by atoms with Gasteiger partial charge in [0, 0.05) is 18.2 Å². The lowest BCUT2D eigenvalue weighted by Gasteiger charge is -2.31. The Morgan fingerprint density at radius 2 is 2.16 bits per heavy atom. The molecule has 6 nitrogen and oxygen atoms in total. The summed E-state index contributed by atoms with van der Waals surface area (Å²) in [6.45, 7) is 1.63. The molecule has 104 valence electrons. The molecule has 0 saturated heterocycles. The van der Waals surface area contributed by atoms with Crippen molar-refractivity contribution in [1.82, 2.24) is 10.3 Å². The van der Waals surface area contributed by atoms with Crippen LogP contribution in [-0.2, 0) is 0 Å². The lowest BCUT2D eigenvalue weighted by Crippen LogP contribution is -2.43. The molecule has 1 aliphatic rings. The second-order valence-corrected chi connectivity index (χ2v) is 4.85. The van der Waals surface area contributed by atoms with Crippen LogP contribution in [0.15, 0.2) is 12.1 Å². The number of hydrogen-bond acceptors (Lipinski definition) is 5. The second kappa shape index (κ2) is 5.97. The summed E-state index contributed by atoms with van der Waals surface area (Å²) in [6, 6.07) is 3.35. The molecule has 0 radical (unpaired) electrons. The molecule has 2 rings (SSSR count). The molecule has 1 N–H and O–H groups in total. The highest BCUT2D eigenvalue weighted by molar-refractivity contribution is 5.36. The summed E-state index contributed by atoms with van der Waals surface area (Å²) in [5.41, 5.74) is 0.417. The molecule has 1 aromatic heterocycles. The smallest absolute Gasteiger partial charge is 0.290 e. The Kier molecular flexibility index (Phi) is 4.31. The molecule has 0 aromatic carbocycles. The highest BCUT2D eigenvalue weighted by Crippen LogP contribution is 2.25. The number of likely N-dealkylation sites (N-methyl/N-ethyl adjacent to an activating group) is 1. The summed E-state index contributed by atoms with van der Waals surface area (Å²) in [7, 11) is 1.93. The Bertz CT molecular complexity index is 464. The van der Waals surface area contributed by atoms with Crippen LogP contribution < -0.4 is 10.1 Å². The maximum absolute atomic E-state index is 10.7. The van der Waals surface area contributed by atoms with Crippen LogP contribution in [0.25, 0.3) is 0 Å². The molecule has 1 aromatic rings. The molecule has 1 saturated carbocycles. The molecule has 19 heavy (non-hydrogen) atoms. The first kappa shape index (κ1) is 13.7. The first-order valence-corrected chi connectivity index (χ1v) is 6.57. The van der Waals surface area contributed by atoms with Gasteiger partial charge in [-0.25, -0.2) is 4.98 Å². The van der Waals surface area contributed by atoms with Crippen LogP contribution in [0, 0.1) is 17.0 Å². The highest BCUT2D eigenvalue weighted by Gasteiger charge is 2.26. The standard InChI is InChI=1S/C13H19N3O3/c1-9-11(16(17)18)7-8-13(15-9)19-12-6-4-3-5-10(12)14-2/h7-8,10,12,14H,3-6H2,1-2H3. The van der Waals surface area contributed by atoms with Gasteiger partial charge in [0.25, 0.3) is 5.69 Å². The largest absolute Gasteiger partial charge is 0.473 e. The van der Waals surface area contributed by atoms with Crippen LogP contribution >= 0.6 is 0 Å². The summed E-state index contributed by atoms with van der Waals surface area (Å²) >= 11 is 0. The Labute approximate surface area is 112 Å². The third-order valence-corrected chi connectivity index (χ3v) is 3.57. The summed E-state index contributed by atoms with van der Waals surface area (Å²) in [5, 5.41) is 14.0. The number of rotatable bonds is 4. The second-order valence-electron chi connectivity index (χ2n) is 4.85. The van der Waals surface area contributed by atoms with E-state index in [2.05, 4.69) is 10.3 Å². The summed E-state index contributed by atoms with van der Waals surface area (Å²) in [4.78, 5) is 14.5. The quantitative estimate of drug-likeness (QED) is 0.667. The minimum atomic E-state index is -0.427. The zero-order valence-corrected chi connectivity index (χ0v) is 11.3. The average Bonchev–Trinajstić information content (AvgIpc) is 2.39. The molecule has 0 amide bonds. The van der Waals surface area contributed by atoms with E-state index in [1.807, 2.05) is 7.05 Å². The predicted octanol–water partition coefficient (Wildman–Crippen LogP) is 2.21. The zero-order chi connectivity index (χ0) is 13.8. The monoisotopic (exact) mass is 265 g/mol. The van der Waals surface area contributed by atoms with E-state index in [1.165, 1.54) is 12.5 Å². The molecule has 0 bridgehead atoms. The highest BCUT2D eigenvalue weighted by atomic mass is 16.6. The van der Waals surface area contributed by atoms with Crippen molar-refractivity contribution in [2.45, 2.75) is 44.8 Å². The summed E-state index contributed by atoms with van der Waals surface area (Å²) < 4.78 is 5.88. The van der Waals surface area contributed by atoms with Gasteiger partial charge in [-0.15, -0.1) is 0 Å². The molecule has 0 spiro atoms. The van der Waals surface area contributed by atoms with Crippen LogP contribution in [0.5, 0.6) is 5.88 Å². The van der Waals surface area contributed by atoms with Crippen molar-refractivity contribution in [1.29, 1.82) is 0 Å². The van der Waals surface area contributed by atoms with Crippen LogP contribution in [0.1, 0.15) is 31.4 Å². The maximum Gasteiger partial charge on any atom is 0.290 e. The molecule has 1 heterocycles. The number of pyridine rings is 1. The first-order valence-electron chi connectivity index (χ1n) is 6.57. The molecule has 2 atom stereocenters. The van der Waals surface area contributed by atoms with Gasteiger partial charge in [0.2, 0.25) is 5.88 Å².